The lowest BCUT2D eigenvalue weighted by Gasteiger charge is -2.19. The minimum absolute atomic E-state index is 0.198. The molecular formula is C17H25NO2. The number of carboxylic acid groups (broad SMARTS) is 1. The first-order chi connectivity index (χ1) is 9.36. The van der Waals surface area contributed by atoms with E-state index >= 15 is 0 Å². The van der Waals surface area contributed by atoms with Gasteiger partial charge in [-0.3, -0.25) is 9.69 Å². The Labute approximate surface area is 121 Å². The molecule has 0 atom stereocenters. The van der Waals surface area contributed by atoms with Crippen LogP contribution in [0.1, 0.15) is 56.7 Å². The summed E-state index contributed by atoms with van der Waals surface area (Å²) in [6.07, 6.45) is 2.02. The Morgan fingerprint density at radius 1 is 1.20 bits per heavy atom. The Morgan fingerprint density at radius 2 is 1.90 bits per heavy atom. The van der Waals surface area contributed by atoms with Crippen LogP contribution < -0.4 is 0 Å². The highest BCUT2D eigenvalue weighted by atomic mass is 16.4. The molecule has 0 amide bonds. The number of unbranched alkanes of at least 4 members (excludes halogenated alkanes) is 1. The molecular weight excluding hydrogens is 250 g/mol. The molecule has 0 aliphatic carbocycles. The molecule has 1 aromatic rings. The van der Waals surface area contributed by atoms with E-state index in [1.807, 2.05) is 0 Å². The minimum Gasteiger partial charge on any atom is -0.481 e. The van der Waals surface area contributed by atoms with Gasteiger partial charge in [-0.25, -0.2) is 0 Å². The first-order valence-corrected chi connectivity index (χ1v) is 7.43. The number of hydrogen-bond acceptors (Lipinski definition) is 2. The van der Waals surface area contributed by atoms with Crippen molar-refractivity contribution in [3.05, 3.63) is 34.9 Å². The number of fused-ring (bicyclic) bond motifs is 1. The van der Waals surface area contributed by atoms with Crippen LogP contribution >= 0.6 is 0 Å². The minimum atomic E-state index is -0.690. The van der Waals surface area contributed by atoms with Gasteiger partial charge in [0.15, 0.2) is 0 Å². The van der Waals surface area contributed by atoms with Crippen molar-refractivity contribution in [2.45, 2.75) is 58.5 Å². The molecule has 3 nitrogen and oxygen atoms in total. The smallest absolute Gasteiger partial charge is 0.303 e. The third kappa shape index (κ3) is 3.83. The van der Waals surface area contributed by atoms with Crippen LogP contribution in [-0.2, 0) is 23.3 Å². The predicted molar refractivity (Wildman–Crippen MR) is 80.7 cm³/mol. The Kier molecular flexibility index (Phi) is 4.48. The van der Waals surface area contributed by atoms with Crippen LogP contribution in [0.25, 0.3) is 0 Å². The van der Waals surface area contributed by atoms with Crippen molar-refractivity contribution in [3.8, 4) is 0 Å². The average molecular weight is 275 g/mol. The van der Waals surface area contributed by atoms with E-state index in [0.29, 0.717) is 0 Å². The van der Waals surface area contributed by atoms with Crippen LogP contribution in [0.4, 0.5) is 0 Å². The number of aliphatic carboxylic acids is 1. The van der Waals surface area contributed by atoms with Gasteiger partial charge in [0.25, 0.3) is 0 Å². The normalized spacial score (nSPS) is 15.3. The van der Waals surface area contributed by atoms with Gasteiger partial charge in [-0.05, 0) is 41.5 Å². The van der Waals surface area contributed by atoms with Gasteiger partial charge < -0.3 is 5.11 Å². The molecule has 0 saturated carbocycles. The van der Waals surface area contributed by atoms with Crippen LogP contribution in [-0.4, -0.2) is 22.5 Å². The third-order valence-corrected chi connectivity index (χ3v) is 3.98. The van der Waals surface area contributed by atoms with Gasteiger partial charge in [0.1, 0.15) is 0 Å². The second-order valence-electron chi connectivity index (χ2n) is 6.79. The van der Waals surface area contributed by atoms with Crippen LogP contribution in [0.3, 0.4) is 0 Å². The van der Waals surface area contributed by atoms with Gasteiger partial charge in [-0.1, -0.05) is 39.0 Å². The highest BCUT2D eigenvalue weighted by Crippen LogP contribution is 2.29. The molecule has 20 heavy (non-hydrogen) atoms. The molecule has 110 valence electrons. The molecule has 3 heteroatoms. The number of hydrogen-bond donors (Lipinski definition) is 1. The molecule has 1 heterocycles. The molecule has 0 bridgehead atoms. The maximum Gasteiger partial charge on any atom is 0.303 e. The van der Waals surface area contributed by atoms with Crippen LogP contribution in [0, 0.1) is 0 Å². The molecule has 0 aromatic heterocycles. The standard InChI is InChI=1S/C17H25NO2/c1-17(2,3)15-8-7-13-11-18(12-14(13)10-15)9-5-4-6-16(19)20/h7-8,10H,4-6,9,11-12H2,1-3H3,(H,19,20). The Balaban J connectivity index is 1.89. The number of benzene rings is 1. The van der Waals surface area contributed by atoms with Crippen molar-refractivity contribution in [2.75, 3.05) is 6.54 Å². The summed E-state index contributed by atoms with van der Waals surface area (Å²) in [6.45, 7) is 9.74. The molecule has 0 fully saturated rings. The first-order valence-electron chi connectivity index (χ1n) is 7.43. The summed E-state index contributed by atoms with van der Waals surface area (Å²) in [7, 11) is 0. The van der Waals surface area contributed by atoms with Crippen molar-refractivity contribution >= 4 is 5.97 Å². The first kappa shape index (κ1) is 15.0. The quantitative estimate of drug-likeness (QED) is 0.835. The van der Waals surface area contributed by atoms with E-state index in [2.05, 4.69) is 43.9 Å². The van der Waals surface area contributed by atoms with Crippen LogP contribution in [0.15, 0.2) is 18.2 Å². The van der Waals surface area contributed by atoms with E-state index in [1.54, 1.807) is 0 Å². The second kappa shape index (κ2) is 5.96. The van der Waals surface area contributed by atoms with Crippen molar-refractivity contribution in [3.63, 3.8) is 0 Å². The zero-order valence-electron chi connectivity index (χ0n) is 12.8. The van der Waals surface area contributed by atoms with Gasteiger partial charge in [0.2, 0.25) is 0 Å². The maximum absolute atomic E-state index is 10.5. The molecule has 2 rings (SSSR count). The fraction of sp³-hybridized carbons (Fsp3) is 0.588. The van der Waals surface area contributed by atoms with Crippen LogP contribution in [0.5, 0.6) is 0 Å². The second-order valence-corrected chi connectivity index (χ2v) is 6.79. The Hall–Kier alpha value is -1.35. The SMILES string of the molecule is CC(C)(C)c1ccc2c(c1)CN(CCCCC(=O)O)C2. The molecule has 1 aromatic carbocycles. The zero-order valence-corrected chi connectivity index (χ0v) is 12.8. The summed E-state index contributed by atoms with van der Waals surface area (Å²) in [4.78, 5) is 12.9. The lowest BCUT2D eigenvalue weighted by molar-refractivity contribution is -0.137. The molecule has 1 aliphatic heterocycles. The number of carboxylic acids is 1. The van der Waals surface area contributed by atoms with E-state index in [-0.39, 0.29) is 11.8 Å². The fourth-order valence-electron chi connectivity index (χ4n) is 2.70. The van der Waals surface area contributed by atoms with Crippen molar-refractivity contribution < 1.29 is 9.90 Å². The van der Waals surface area contributed by atoms with Crippen molar-refractivity contribution in [1.82, 2.24) is 4.90 Å². The summed E-state index contributed by atoms with van der Waals surface area (Å²) in [5.74, 6) is -0.690. The summed E-state index contributed by atoms with van der Waals surface area (Å²) < 4.78 is 0. The summed E-state index contributed by atoms with van der Waals surface area (Å²) in [5.41, 5.74) is 4.46. The van der Waals surface area contributed by atoms with E-state index in [4.69, 9.17) is 5.11 Å². The summed E-state index contributed by atoms with van der Waals surface area (Å²) >= 11 is 0. The highest BCUT2D eigenvalue weighted by Gasteiger charge is 2.21. The average Bonchev–Trinajstić information content (AvgIpc) is 2.74. The number of rotatable bonds is 5. The topological polar surface area (TPSA) is 40.5 Å². The van der Waals surface area contributed by atoms with Crippen molar-refractivity contribution in [2.24, 2.45) is 0 Å². The highest BCUT2D eigenvalue weighted by molar-refractivity contribution is 5.66. The van der Waals surface area contributed by atoms with Crippen LogP contribution in [0.2, 0.25) is 0 Å². The molecule has 0 radical (unpaired) electrons. The molecule has 1 aliphatic rings. The summed E-state index contributed by atoms with van der Waals surface area (Å²) in [5, 5.41) is 8.64. The molecule has 1 N–H and O–H groups in total. The van der Waals surface area contributed by atoms with E-state index in [0.717, 1.165) is 32.5 Å². The van der Waals surface area contributed by atoms with Gasteiger partial charge >= 0.3 is 5.97 Å². The number of carbonyl (C=O) groups is 1. The van der Waals surface area contributed by atoms with E-state index in [9.17, 15) is 4.79 Å². The van der Waals surface area contributed by atoms with Gasteiger partial charge in [0, 0.05) is 19.5 Å². The van der Waals surface area contributed by atoms with E-state index in [1.165, 1.54) is 16.7 Å². The largest absolute Gasteiger partial charge is 0.481 e. The van der Waals surface area contributed by atoms with E-state index < -0.39 is 5.97 Å². The lowest BCUT2D eigenvalue weighted by Crippen LogP contribution is -2.17. The molecule has 0 spiro atoms. The Morgan fingerprint density at radius 3 is 2.55 bits per heavy atom. The molecule has 0 unspecified atom stereocenters. The van der Waals surface area contributed by atoms with Gasteiger partial charge in [-0.15, -0.1) is 0 Å². The Bertz CT molecular complexity index is 488. The van der Waals surface area contributed by atoms with Crippen molar-refractivity contribution in [1.29, 1.82) is 0 Å². The summed E-state index contributed by atoms with van der Waals surface area (Å²) in [6, 6.07) is 6.84. The zero-order chi connectivity index (χ0) is 14.8. The monoisotopic (exact) mass is 275 g/mol. The fourth-order valence-corrected chi connectivity index (χ4v) is 2.70. The lowest BCUT2D eigenvalue weighted by atomic mass is 9.85. The number of nitrogens with zero attached hydrogens (tertiary/aromatic N) is 1. The maximum atomic E-state index is 10.5. The third-order valence-electron chi connectivity index (χ3n) is 3.98. The molecule has 0 saturated heterocycles. The predicted octanol–water partition coefficient (Wildman–Crippen LogP) is 3.55. The van der Waals surface area contributed by atoms with Gasteiger partial charge in [0.05, 0.1) is 0 Å². The van der Waals surface area contributed by atoms with Gasteiger partial charge in [-0.2, -0.15) is 0 Å².